The van der Waals surface area contributed by atoms with E-state index in [9.17, 15) is 9.90 Å². The summed E-state index contributed by atoms with van der Waals surface area (Å²) >= 11 is 0. The molecule has 0 aliphatic carbocycles. The molecule has 0 bridgehead atoms. The van der Waals surface area contributed by atoms with Gasteiger partial charge >= 0.3 is 0 Å². The molecule has 1 atom stereocenters. The quantitative estimate of drug-likeness (QED) is 0.854. The lowest BCUT2D eigenvalue weighted by atomic mass is 10.1. The number of aliphatic hydroxyl groups is 1. The van der Waals surface area contributed by atoms with Crippen molar-refractivity contribution in [2.24, 2.45) is 0 Å². The fourth-order valence-electron chi connectivity index (χ4n) is 2.35. The van der Waals surface area contributed by atoms with E-state index in [-0.39, 0.29) is 18.6 Å². The molecule has 0 radical (unpaired) electrons. The van der Waals surface area contributed by atoms with Gasteiger partial charge in [-0.15, -0.1) is 0 Å². The average Bonchev–Trinajstić information content (AvgIpc) is 2.47. The van der Waals surface area contributed by atoms with Gasteiger partial charge in [0.1, 0.15) is 0 Å². The van der Waals surface area contributed by atoms with Crippen molar-refractivity contribution >= 4 is 5.91 Å². The van der Waals surface area contributed by atoms with Crippen molar-refractivity contribution < 1.29 is 9.90 Å². The molecule has 0 saturated carbocycles. The number of hydrogen-bond acceptors (Lipinski definition) is 2. The number of nitrogens with one attached hydrogen (secondary N) is 1. The van der Waals surface area contributed by atoms with E-state index < -0.39 is 0 Å². The normalized spacial score (nSPS) is 11.9. The van der Waals surface area contributed by atoms with E-state index in [2.05, 4.69) is 5.32 Å². The summed E-state index contributed by atoms with van der Waals surface area (Å²) in [4.78, 5) is 12.1. The molecule has 2 aromatic carbocycles. The van der Waals surface area contributed by atoms with Gasteiger partial charge in [0.15, 0.2) is 0 Å². The van der Waals surface area contributed by atoms with Crippen LogP contribution < -0.4 is 5.32 Å². The lowest BCUT2D eigenvalue weighted by Gasteiger charge is -2.16. The molecule has 2 aromatic rings. The number of carbonyl (C=O) groups is 1. The van der Waals surface area contributed by atoms with Crippen molar-refractivity contribution in [1.82, 2.24) is 5.32 Å². The van der Waals surface area contributed by atoms with Crippen LogP contribution in [0.2, 0.25) is 0 Å². The van der Waals surface area contributed by atoms with Crippen LogP contribution in [0.4, 0.5) is 0 Å². The standard InChI is InChI=1S/C18H21NO2/c1-14-6-5-9-16(10-14)12-18(21)19-17(13-20)11-15-7-3-2-4-8-15/h2-10,17,20H,11-13H2,1H3,(H,19,21)/t17-/m0/s1. The topological polar surface area (TPSA) is 49.3 Å². The third-order valence-electron chi connectivity index (χ3n) is 3.36. The summed E-state index contributed by atoms with van der Waals surface area (Å²) < 4.78 is 0. The number of amides is 1. The molecule has 1 amide bonds. The smallest absolute Gasteiger partial charge is 0.224 e. The van der Waals surface area contributed by atoms with Crippen LogP contribution in [-0.4, -0.2) is 23.7 Å². The van der Waals surface area contributed by atoms with Crippen LogP contribution in [-0.2, 0) is 17.6 Å². The molecular weight excluding hydrogens is 262 g/mol. The zero-order valence-corrected chi connectivity index (χ0v) is 12.3. The van der Waals surface area contributed by atoms with Gasteiger partial charge in [-0.05, 0) is 24.5 Å². The molecule has 0 aliphatic rings. The van der Waals surface area contributed by atoms with Crippen LogP contribution >= 0.6 is 0 Å². The van der Waals surface area contributed by atoms with Crippen LogP contribution in [0, 0.1) is 6.92 Å². The Morgan fingerprint density at radius 3 is 2.48 bits per heavy atom. The molecule has 0 spiro atoms. The summed E-state index contributed by atoms with van der Waals surface area (Å²) in [7, 11) is 0. The first-order chi connectivity index (χ1) is 10.2. The second kappa shape index (κ2) is 7.60. The van der Waals surface area contributed by atoms with Crippen molar-refractivity contribution in [1.29, 1.82) is 0 Å². The van der Waals surface area contributed by atoms with Gasteiger partial charge in [0.2, 0.25) is 5.91 Å². The fraction of sp³-hybridized carbons (Fsp3) is 0.278. The maximum absolute atomic E-state index is 12.1. The van der Waals surface area contributed by atoms with Gasteiger partial charge in [-0.25, -0.2) is 0 Å². The number of carbonyl (C=O) groups excluding carboxylic acids is 1. The van der Waals surface area contributed by atoms with Gasteiger partial charge in [-0.2, -0.15) is 0 Å². The number of rotatable bonds is 6. The van der Waals surface area contributed by atoms with E-state index in [4.69, 9.17) is 0 Å². The van der Waals surface area contributed by atoms with Gasteiger partial charge in [0.05, 0.1) is 19.1 Å². The van der Waals surface area contributed by atoms with Gasteiger partial charge in [-0.3, -0.25) is 4.79 Å². The molecule has 0 aliphatic heterocycles. The van der Waals surface area contributed by atoms with Gasteiger partial charge in [0, 0.05) is 0 Å². The van der Waals surface area contributed by atoms with E-state index in [1.807, 2.05) is 61.5 Å². The second-order valence-electron chi connectivity index (χ2n) is 5.30. The first-order valence-electron chi connectivity index (χ1n) is 7.17. The summed E-state index contributed by atoms with van der Waals surface area (Å²) in [6.07, 6.45) is 0.976. The second-order valence-corrected chi connectivity index (χ2v) is 5.30. The van der Waals surface area contributed by atoms with E-state index >= 15 is 0 Å². The van der Waals surface area contributed by atoms with Gasteiger partial charge in [-0.1, -0.05) is 60.2 Å². The predicted molar refractivity (Wildman–Crippen MR) is 84.0 cm³/mol. The predicted octanol–water partition coefficient (Wildman–Crippen LogP) is 2.26. The Hall–Kier alpha value is -2.13. The SMILES string of the molecule is Cc1cccc(CC(=O)N[C@H](CO)Cc2ccccc2)c1. The Bertz CT molecular complexity index is 581. The summed E-state index contributed by atoms with van der Waals surface area (Å²) in [6.45, 7) is 1.95. The summed E-state index contributed by atoms with van der Waals surface area (Å²) in [5.41, 5.74) is 3.24. The highest BCUT2D eigenvalue weighted by Crippen LogP contribution is 2.06. The Morgan fingerprint density at radius 1 is 1.10 bits per heavy atom. The third kappa shape index (κ3) is 5.04. The molecule has 0 unspecified atom stereocenters. The Kier molecular flexibility index (Phi) is 5.52. The summed E-state index contributed by atoms with van der Waals surface area (Å²) in [5, 5.41) is 12.3. The van der Waals surface area contributed by atoms with Crippen molar-refractivity contribution in [2.75, 3.05) is 6.61 Å². The molecule has 21 heavy (non-hydrogen) atoms. The van der Waals surface area contributed by atoms with Crippen LogP contribution in [0.3, 0.4) is 0 Å². The highest BCUT2D eigenvalue weighted by atomic mass is 16.3. The number of benzene rings is 2. The van der Waals surface area contributed by atoms with Crippen molar-refractivity contribution in [3.05, 3.63) is 71.3 Å². The lowest BCUT2D eigenvalue weighted by Crippen LogP contribution is -2.39. The molecule has 0 fully saturated rings. The van der Waals surface area contributed by atoms with Crippen LogP contribution in [0.25, 0.3) is 0 Å². The van der Waals surface area contributed by atoms with E-state index in [1.165, 1.54) is 0 Å². The Balaban J connectivity index is 1.90. The van der Waals surface area contributed by atoms with Crippen LogP contribution in [0.1, 0.15) is 16.7 Å². The number of hydrogen-bond donors (Lipinski definition) is 2. The van der Waals surface area contributed by atoms with E-state index in [0.717, 1.165) is 16.7 Å². The van der Waals surface area contributed by atoms with Gasteiger partial charge in [0.25, 0.3) is 0 Å². The van der Waals surface area contributed by atoms with Crippen molar-refractivity contribution in [2.45, 2.75) is 25.8 Å². The molecule has 3 heteroatoms. The number of aliphatic hydroxyl groups excluding tert-OH is 1. The van der Waals surface area contributed by atoms with Crippen LogP contribution in [0.15, 0.2) is 54.6 Å². The molecule has 110 valence electrons. The van der Waals surface area contributed by atoms with Crippen molar-refractivity contribution in [3.8, 4) is 0 Å². The van der Waals surface area contributed by atoms with Crippen molar-refractivity contribution in [3.63, 3.8) is 0 Å². The average molecular weight is 283 g/mol. The lowest BCUT2D eigenvalue weighted by molar-refractivity contribution is -0.121. The summed E-state index contributed by atoms with van der Waals surface area (Å²) in [5.74, 6) is -0.0596. The Morgan fingerprint density at radius 2 is 1.81 bits per heavy atom. The highest BCUT2D eigenvalue weighted by Gasteiger charge is 2.12. The fourth-order valence-corrected chi connectivity index (χ4v) is 2.35. The molecule has 0 heterocycles. The molecule has 0 saturated heterocycles. The molecule has 0 aromatic heterocycles. The van der Waals surface area contributed by atoms with Gasteiger partial charge < -0.3 is 10.4 Å². The zero-order valence-electron chi connectivity index (χ0n) is 12.3. The first kappa shape index (κ1) is 15.3. The third-order valence-corrected chi connectivity index (χ3v) is 3.36. The van der Waals surface area contributed by atoms with E-state index in [0.29, 0.717) is 12.8 Å². The maximum atomic E-state index is 12.1. The highest BCUT2D eigenvalue weighted by molar-refractivity contribution is 5.78. The zero-order chi connectivity index (χ0) is 15.1. The minimum absolute atomic E-state index is 0.0596. The van der Waals surface area contributed by atoms with Crippen LogP contribution in [0.5, 0.6) is 0 Å². The molecular formula is C18H21NO2. The minimum atomic E-state index is -0.246. The summed E-state index contributed by atoms with van der Waals surface area (Å²) in [6, 6.07) is 17.5. The molecule has 2 rings (SSSR count). The first-order valence-corrected chi connectivity index (χ1v) is 7.17. The molecule has 2 N–H and O–H groups in total. The molecule has 3 nitrogen and oxygen atoms in total. The number of aryl methyl sites for hydroxylation is 1. The maximum Gasteiger partial charge on any atom is 0.224 e. The largest absolute Gasteiger partial charge is 0.394 e. The Labute approximate surface area is 125 Å². The minimum Gasteiger partial charge on any atom is -0.394 e. The monoisotopic (exact) mass is 283 g/mol. The van der Waals surface area contributed by atoms with E-state index in [1.54, 1.807) is 0 Å².